The molecule has 3 nitrogen and oxygen atoms in total. The first kappa shape index (κ1) is 8.66. The molecule has 0 heterocycles. The molecule has 0 aromatic carbocycles. The topological polar surface area (TPSA) is 38.7 Å². The molecule has 0 aromatic rings. The van der Waals surface area contributed by atoms with Crippen molar-refractivity contribution in [1.29, 1.82) is 0 Å². The van der Waals surface area contributed by atoms with Gasteiger partial charge in [-0.1, -0.05) is 4.53 Å². The zero-order valence-electron chi connectivity index (χ0n) is 3.85. The summed E-state index contributed by atoms with van der Waals surface area (Å²) in [5.74, 6) is 0. The molecule has 9 heavy (non-hydrogen) atoms. The number of halogens is 4. The van der Waals surface area contributed by atoms with Crippen LogP contribution in [0.2, 0.25) is 0 Å². The van der Waals surface area contributed by atoms with E-state index in [9.17, 15) is 17.7 Å². The molecule has 8 heteroatoms. The molecule has 0 amide bonds. The van der Waals surface area contributed by atoms with Gasteiger partial charge in [0.05, 0.1) is 0 Å². The van der Waals surface area contributed by atoms with E-state index in [0.29, 0.717) is 0 Å². The van der Waals surface area contributed by atoms with E-state index in [1.54, 1.807) is 0 Å². The lowest BCUT2D eigenvalue weighted by molar-refractivity contribution is -0.297. The van der Waals surface area contributed by atoms with Gasteiger partial charge in [-0.3, -0.25) is 4.65 Å². The van der Waals surface area contributed by atoms with Crippen molar-refractivity contribution in [2.45, 2.75) is 6.36 Å². The number of hydrogen-bond donors (Lipinski definition) is 1. The highest BCUT2D eigenvalue weighted by Gasteiger charge is 2.37. The van der Waals surface area contributed by atoms with E-state index in [0.717, 1.165) is 0 Å². The highest BCUT2D eigenvalue weighted by Crippen LogP contribution is 2.16. The van der Waals surface area contributed by atoms with Gasteiger partial charge in [-0.2, -0.15) is 4.86 Å². The lowest BCUT2D eigenvalue weighted by Crippen LogP contribution is -2.28. The molecule has 0 rings (SSSR count). The van der Waals surface area contributed by atoms with Gasteiger partial charge in [0.25, 0.3) is 0 Å². The molecule has 0 bridgehead atoms. The molecule has 54 valence electrons. The smallest absolute Gasteiger partial charge is 0.400 e. The summed E-state index contributed by atoms with van der Waals surface area (Å²) >= 11 is 0. The highest BCUT2D eigenvalue weighted by atomic mass is 19.4. The van der Waals surface area contributed by atoms with Crippen LogP contribution in [0.1, 0.15) is 0 Å². The first-order valence-electron chi connectivity index (χ1n) is 1.65. The Kier molecular flexibility index (Phi) is 2.88. The van der Waals surface area contributed by atoms with Gasteiger partial charge in [-0.05, 0) is 0 Å². The maximum Gasteiger partial charge on any atom is 0.676 e. The summed E-state index contributed by atoms with van der Waals surface area (Å²) in [4.78, 5) is 2.24. The fraction of sp³-hybridized carbons (Fsp3) is 1.00. The van der Waals surface area contributed by atoms with E-state index in [1.807, 2.05) is 0 Å². The molecule has 0 aromatic heterocycles. The van der Waals surface area contributed by atoms with Crippen molar-refractivity contribution in [3.05, 3.63) is 0 Å². The molecule has 0 unspecified atom stereocenters. The van der Waals surface area contributed by atoms with Gasteiger partial charge in [0.15, 0.2) is 0 Å². The Bertz CT molecular complexity index is 82.4. The highest BCUT2D eigenvalue weighted by molar-refractivity contribution is 6.34. The lowest BCUT2D eigenvalue weighted by Gasteiger charge is -2.04. The van der Waals surface area contributed by atoms with E-state index in [2.05, 4.69) is 9.51 Å². The number of alkyl halides is 3. The predicted molar refractivity (Wildman–Crippen MR) is 17.3 cm³/mol. The molecule has 1 N–H and O–H groups in total. The summed E-state index contributed by atoms with van der Waals surface area (Å²) in [6.45, 7) is 0. The molecule has 0 atom stereocenters. The fourth-order valence-corrected chi connectivity index (χ4v) is 0.133. The van der Waals surface area contributed by atoms with E-state index in [4.69, 9.17) is 5.02 Å². The van der Waals surface area contributed by atoms with Crippen molar-refractivity contribution in [3.63, 3.8) is 0 Å². The average molecular weight is 148 g/mol. The van der Waals surface area contributed by atoms with Gasteiger partial charge < -0.3 is 5.02 Å². The third-order valence-electron chi connectivity index (χ3n) is 0.311. The number of hydrogen-bond acceptors (Lipinski definition) is 3. The minimum absolute atomic E-state index is 2.24. The van der Waals surface area contributed by atoms with Crippen LogP contribution < -0.4 is 0 Å². The average Bonchev–Trinajstić information content (AvgIpc) is 1.62. The zero-order valence-corrected chi connectivity index (χ0v) is 3.85. The molecule has 0 fully saturated rings. The maximum atomic E-state index is 10.9. The molecule has 0 spiro atoms. The normalized spacial score (nSPS) is 11.7. The first-order valence-corrected chi connectivity index (χ1v) is 1.65. The van der Waals surface area contributed by atoms with Gasteiger partial charge in [0.1, 0.15) is 0 Å². The van der Waals surface area contributed by atoms with E-state index in [-0.39, 0.29) is 0 Å². The Morgan fingerprint density at radius 3 is 1.89 bits per heavy atom. The van der Waals surface area contributed by atoms with Crippen LogP contribution in [0.4, 0.5) is 17.7 Å². The van der Waals surface area contributed by atoms with Gasteiger partial charge in [0.2, 0.25) is 0 Å². The summed E-state index contributed by atoms with van der Waals surface area (Å²) in [6.07, 6.45) is -5.09. The summed E-state index contributed by atoms with van der Waals surface area (Å²) in [6, 6.07) is 0. The predicted octanol–water partition coefficient (Wildman–Crippen LogP) is 0.401. The Hall–Kier alpha value is -0.335. The van der Waals surface area contributed by atoms with Gasteiger partial charge in [0, 0.05) is 0 Å². The van der Waals surface area contributed by atoms with Gasteiger partial charge in [-0.25, -0.2) is 0 Å². The van der Waals surface area contributed by atoms with Crippen LogP contribution in [0, 0.1) is 0 Å². The monoisotopic (exact) mass is 148 g/mol. The first-order chi connectivity index (χ1) is 3.95. The second kappa shape index (κ2) is 2.99. The Morgan fingerprint density at radius 1 is 1.33 bits per heavy atom. The van der Waals surface area contributed by atoms with Crippen molar-refractivity contribution < 1.29 is 32.2 Å². The van der Waals surface area contributed by atoms with E-state index in [1.165, 1.54) is 0 Å². The Morgan fingerprint density at radius 2 is 1.78 bits per heavy atom. The van der Waals surface area contributed by atoms with Crippen LogP contribution in [0.15, 0.2) is 0 Å². The van der Waals surface area contributed by atoms with Crippen LogP contribution in [-0.4, -0.2) is 18.7 Å². The molecule has 0 saturated heterocycles. The molecule has 0 aliphatic heterocycles. The Balaban J connectivity index is 3.47. The van der Waals surface area contributed by atoms with Crippen LogP contribution in [0.25, 0.3) is 0 Å². The summed E-state index contributed by atoms with van der Waals surface area (Å²) in [7, 11) is -2.90. The molecular formula is CHBF4O3. The Labute approximate surface area is 47.3 Å². The fourth-order valence-electron chi connectivity index (χ4n) is 0.133. The van der Waals surface area contributed by atoms with Crippen LogP contribution in [0.5, 0.6) is 0 Å². The minimum atomic E-state index is -5.09. The summed E-state index contributed by atoms with van der Waals surface area (Å²) < 4.78 is 45.7. The van der Waals surface area contributed by atoms with Gasteiger partial charge >= 0.3 is 13.7 Å². The van der Waals surface area contributed by atoms with E-state index < -0.39 is 13.7 Å². The quantitative estimate of drug-likeness (QED) is 0.454. The third kappa shape index (κ3) is 5.54. The van der Waals surface area contributed by atoms with Crippen LogP contribution >= 0.6 is 0 Å². The standard InChI is InChI=1S/CHBF4O3/c3-1(4,5)8-2(7)9-6/h7H. The molecular weight excluding hydrogens is 147 g/mol. The second-order valence-electron chi connectivity index (χ2n) is 0.960. The van der Waals surface area contributed by atoms with Crippen LogP contribution in [0.3, 0.4) is 0 Å². The van der Waals surface area contributed by atoms with Crippen molar-refractivity contribution in [1.82, 2.24) is 0 Å². The lowest BCUT2D eigenvalue weighted by atomic mass is 10.3. The summed E-state index contributed by atoms with van der Waals surface area (Å²) in [5, 5.41) is 7.65. The maximum absolute atomic E-state index is 10.9. The van der Waals surface area contributed by atoms with Crippen molar-refractivity contribution >= 4 is 7.32 Å². The van der Waals surface area contributed by atoms with E-state index >= 15 is 0 Å². The van der Waals surface area contributed by atoms with Crippen molar-refractivity contribution in [2.75, 3.05) is 0 Å². The molecule has 0 aliphatic carbocycles. The number of rotatable bonds is 2. The zero-order chi connectivity index (χ0) is 7.49. The second-order valence-corrected chi connectivity index (χ2v) is 0.960. The third-order valence-corrected chi connectivity index (χ3v) is 0.311. The summed E-state index contributed by atoms with van der Waals surface area (Å²) in [5.41, 5.74) is 0. The molecule has 0 radical (unpaired) electrons. The molecule has 0 saturated carbocycles. The van der Waals surface area contributed by atoms with Crippen molar-refractivity contribution in [3.8, 4) is 0 Å². The SMILES string of the molecule is OB(OF)OC(F)(F)F. The molecule has 0 aliphatic rings. The van der Waals surface area contributed by atoms with Crippen molar-refractivity contribution in [2.24, 2.45) is 0 Å². The van der Waals surface area contributed by atoms with Crippen LogP contribution in [-0.2, 0) is 9.51 Å². The van der Waals surface area contributed by atoms with Gasteiger partial charge in [-0.15, -0.1) is 13.2 Å². The largest absolute Gasteiger partial charge is 0.676 e. The minimum Gasteiger partial charge on any atom is -0.400 e.